The molecule has 1 aliphatic carbocycles. The van der Waals surface area contributed by atoms with E-state index in [-0.39, 0.29) is 0 Å². The lowest BCUT2D eigenvalue weighted by Crippen LogP contribution is -1.98. The molecule has 1 aromatic heterocycles. The molecule has 0 saturated heterocycles. The average molecular weight is 238 g/mol. The molecule has 0 aliphatic heterocycles. The van der Waals surface area contributed by atoms with Crippen molar-refractivity contribution >= 4 is 5.82 Å². The van der Waals surface area contributed by atoms with Crippen molar-refractivity contribution in [1.29, 1.82) is 0 Å². The third-order valence-electron chi connectivity index (χ3n) is 3.60. The first-order chi connectivity index (χ1) is 8.79. The number of nitrogens with two attached hydrogens (primary N) is 1. The lowest BCUT2D eigenvalue weighted by molar-refractivity contribution is 1.04. The van der Waals surface area contributed by atoms with Gasteiger partial charge in [-0.1, -0.05) is 31.2 Å². The highest BCUT2D eigenvalue weighted by Crippen LogP contribution is 2.44. The Bertz CT molecular complexity index is 571. The lowest BCUT2D eigenvalue weighted by atomic mass is 9.95. The fraction of sp³-hybridized carbons (Fsp3) is 0.312. The van der Waals surface area contributed by atoms with E-state index >= 15 is 0 Å². The van der Waals surface area contributed by atoms with Gasteiger partial charge in [0.2, 0.25) is 0 Å². The van der Waals surface area contributed by atoms with Crippen LogP contribution in [-0.4, -0.2) is 4.98 Å². The van der Waals surface area contributed by atoms with E-state index in [0.29, 0.717) is 5.82 Å². The van der Waals surface area contributed by atoms with E-state index in [4.69, 9.17) is 5.73 Å². The summed E-state index contributed by atoms with van der Waals surface area (Å²) in [5.74, 6) is 1.36. The Balaban J connectivity index is 2.14. The number of nitrogen functional groups attached to an aromatic ring is 1. The average Bonchev–Trinajstić information content (AvgIpc) is 3.23. The van der Waals surface area contributed by atoms with Crippen LogP contribution in [0.3, 0.4) is 0 Å². The number of rotatable bonds is 3. The maximum absolute atomic E-state index is 5.78. The molecule has 0 atom stereocenters. The molecule has 1 aromatic carbocycles. The van der Waals surface area contributed by atoms with Crippen molar-refractivity contribution in [3.05, 3.63) is 47.7 Å². The van der Waals surface area contributed by atoms with Gasteiger partial charge in [-0.2, -0.15) is 0 Å². The van der Waals surface area contributed by atoms with Crippen molar-refractivity contribution in [2.75, 3.05) is 5.73 Å². The molecule has 2 nitrogen and oxygen atoms in total. The molecular formula is C16H18N2. The van der Waals surface area contributed by atoms with Crippen LogP contribution < -0.4 is 5.73 Å². The zero-order chi connectivity index (χ0) is 12.5. The Hall–Kier alpha value is -1.83. The summed E-state index contributed by atoms with van der Waals surface area (Å²) in [6.45, 7) is 2.13. The van der Waals surface area contributed by atoms with E-state index in [1.807, 2.05) is 6.07 Å². The summed E-state index contributed by atoms with van der Waals surface area (Å²) in [5, 5.41) is 0. The van der Waals surface area contributed by atoms with E-state index in [1.165, 1.54) is 29.5 Å². The van der Waals surface area contributed by atoms with Crippen molar-refractivity contribution in [2.45, 2.75) is 32.1 Å². The molecule has 0 bridgehead atoms. The first kappa shape index (κ1) is 11.3. The van der Waals surface area contributed by atoms with Gasteiger partial charge in [-0.05, 0) is 48.4 Å². The topological polar surface area (TPSA) is 38.9 Å². The summed E-state index contributed by atoms with van der Waals surface area (Å²) in [7, 11) is 0. The molecule has 0 radical (unpaired) electrons. The molecule has 2 heteroatoms. The molecule has 1 aliphatic rings. The summed E-state index contributed by atoms with van der Waals surface area (Å²) in [4.78, 5) is 4.47. The second kappa shape index (κ2) is 4.45. The Labute approximate surface area is 108 Å². The van der Waals surface area contributed by atoms with Crippen molar-refractivity contribution in [2.24, 2.45) is 0 Å². The van der Waals surface area contributed by atoms with Crippen LogP contribution >= 0.6 is 0 Å². The van der Waals surface area contributed by atoms with Crippen molar-refractivity contribution in [3.8, 4) is 11.1 Å². The van der Waals surface area contributed by atoms with Gasteiger partial charge in [0.25, 0.3) is 0 Å². The van der Waals surface area contributed by atoms with E-state index < -0.39 is 0 Å². The molecule has 2 aromatic rings. The van der Waals surface area contributed by atoms with Gasteiger partial charge in [-0.3, -0.25) is 0 Å². The lowest BCUT2D eigenvalue weighted by Gasteiger charge is -2.12. The van der Waals surface area contributed by atoms with Gasteiger partial charge in [0.05, 0.1) is 5.69 Å². The fourth-order valence-electron chi connectivity index (χ4n) is 2.53. The molecule has 2 N–H and O–H groups in total. The van der Waals surface area contributed by atoms with Gasteiger partial charge in [0, 0.05) is 5.56 Å². The van der Waals surface area contributed by atoms with E-state index in [0.717, 1.165) is 18.0 Å². The van der Waals surface area contributed by atoms with Gasteiger partial charge >= 0.3 is 0 Å². The second-order valence-corrected chi connectivity index (χ2v) is 4.95. The van der Waals surface area contributed by atoms with Crippen molar-refractivity contribution in [1.82, 2.24) is 4.98 Å². The highest BCUT2D eigenvalue weighted by Gasteiger charge is 2.26. The third kappa shape index (κ3) is 1.99. The first-order valence-electron chi connectivity index (χ1n) is 6.64. The van der Waals surface area contributed by atoms with E-state index in [2.05, 4.69) is 42.2 Å². The minimum Gasteiger partial charge on any atom is -0.384 e. The molecule has 3 rings (SSSR count). The first-order valence-corrected chi connectivity index (χ1v) is 6.64. The third-order valence-corrected chi connectivity index (χ3v) is 3.60. The van der Waals surface area contributed by atoms with Crippen LogP contribution in [0.4, 0.5) is 5.82 Å². The van der Waals surface area contributed by atoms with E-state index in [9.17, 15) is 0 Å². The maximum Gasteiger partial charge on any atom is 0.123 e. The summed E-state index contributed by atoms with van der Waals surface area (Å²) in [5.41, 5.74) is 10.9. The SMILES string of the molecule is CCc1nc(N)ccc1-c1ccccc1C1CC1. The number of anilines is 1. The van der Waals surface area contributed by atoms with Crippen LogP contribution in [0.5, 0.6) is 0 Å². The van der Waals surface area contributed by atoms with Crippen molar-refractivity contribution in [3.63, 3.8) is 0 Å². The number of pyridine rings is 1. The second-order valence-electron chi connectivity index (χ2n) is 4.95. The van der Waals surface area contributed by atoms with Crippen LogP contribution in [0.1, 0.15) is 36.9 Å². The molecule has 0 spiro atoms. The van der Waals surface area contributed by atoms with Gasteiger partial charge in [0.15, 0.2) is 0 Å². The number of aryl methyl sites for hydroxylation is 1. The van der Waals surface area contributed by atoms with Crippen LogP contribution in [0.25, 0.3) is 11.1 Å². The van der Waals surface area contributed by atoms with Gasteiger partial charge in [0.1, 0.15) is 5.82 Å². The molecule has 0 amide bonds. The Morgan fingerprint density at radius 1 is 1.11 bits per heavy atom. The normalized spacial score (nSPS) is 14.7. The largest absolute Gasteiger partial charge is 0.384 e. The monoisotopic (exact) mass is 238 g/mol. The predicted molar refractivity (Wildman–Crippen MR) is 75.4 cm³/mol. The highest BCUT2D eigenvalue weighted by molar-refractivity contribution is 5.71. The standard InChI is InChI=1S/C16H18N2/c1-2-15-14(9-10-16(17)18-15)13-6-4-3-5-12(13)11-7-8-11/h3-6,9-11H,2,7-8H2,1H3,(H2,17,18). The molecule has 18 heavy (non-hydrogen) atoms. The summed E-state index contributed by atoms with van der Waals surface area (Å²) in [6.07, 6.45) is 3.56. The number of nitrogens with zero attached hydrogens (tertiary/aromatic N) is 1. The molecule has 0 unspecified atom stereocenters. The van der Waals surface area contributed by atoms with Crippen LogP contribution in [-0.2, 0) is 6.42 Å². The predicted octanol–water partition coefficient (Wildman–Crippen LogP) is 3.77. The Kier molecular flexibility index (Phi) is 2.78. The Morgan fingerprint density at radius 2 is 1.89 bits per heavy atom. The minimum atomic E-state index is 0.611. The molecule has 92 valence electrons. The van der Waals surface area contributed by atoms with Crippen LogP contribution in [0, 0.1) is 0 Å². The molecule has 1 heterocycles. The maximum atomic E-state index is 5.78. The zero-order valence-corrected chi connectivity index (χ0v) is 10.7. The number of hydrogen-bond donors (Lipinski definition) is 1. The van der Waals surface area contributed by atoms with Crippen molar-refractivity contribution < 1.29 is 0 Å². The number of hydrogen-bond acceptors (Lipinski definition) is 2. The highest BCUT2D eigenvalue weighted by atomic mass is 14.8. The smallest absolute Gasteiger partial charge is 0.123 e. The Morgan fingerprint density at radius 3 is 2.61 bits per heavy atom. The van der Waals surface area contributed by atoms with Crippen LogP contribution in [0.2, 0.25) is 0 Å². The molecule has 1 fully saturated rings. The van der Waals surface area contributed by atoms with Crippen LogP contribution in [0.15, 0.2) is 36.4 Å². The summed E-state index contributed by atoms with van der Waals surface area (Å²) < 4.78 is 0. The summed E-state index contributed by atoms with van der Waals surface area (Å²) in [6, 6.07) is 12.7. The summed E-state index contributed by atoms with van der Waals surface area (Å²) >= 11 is 0. The van der Waals surface area contributed by atoms with E-state index in [1.54, 1.807) is 0 Å². The quantitative estimate of drug-likeness (QED) is 0.884. The molecule has 1 saturated carbocycles. The minimum absolute atomic E-state index is 0.611. The number of benzene rings is 1. The zero-order valence-electron chi connectivity index (χ0n) is 10.7. The van der Waals surface area contributed by atoms with Gasteiger partial charge in [-0.25, -0.2) is 4.98 Å². The fourth-order valence-corrected chi connectivity index (χ4v) is 2.53. The number of aromatic nitrogens is 1. The van der Waals surface area contributed by atoms with Gasteiger partial charge in [-0.15, -0.1) is 0 Å². The molecular weight excluding hydrogens is 220 g/mol. The van der Waals surface area contributed by atoms with Gasteiger partial charge < -0.3 is 5.73 Å².